The van der Waals surface area contributed by atoms with Gasteiger partial charge in [-0.3, -0.25) is 0 Å². The van der Waals surface area contributed by atoms with Crippen molar-refractivity contribution in [2.75, 3.05) is 0 Å². The molecule has 0 saturated heterocycles. The van der Waals surface area contributed by atoms with Gasteiger partial charge in [0.1, 0.15) is 11.2 Å². The zero-order chi connectivity index (χ0) is 14.5. The van der Waals surface area contributed by atoms with Crippen molar-refractivity contribution in [1.82, 2.24) is 0 Å². The van der Waals surface area contributed by atoms with Crippen molar-refractivity contribution >= 4 is 6.16 Å². The molecule has 0 amide bonds. The zero-order valence-corrected chi connectivity index (χ0v) is 13.2. The highest BCUT2D eigenvalue weighted by Gasteiger charge is 2.39. The molecule has 2 aliphatic carbocycles. The van der Waals surface area contributed by atoms with Gasteiger partial charge in [0.25, 0.3) is 0 Å². The molecule has 0 unspecified atom stereocenters. The van der Waals surface area contributed by atoms with Crippen LogP contribution in [-0.4, -0.2) is 17.4 Å². The number of ether oxygens (including phenoxy) is 2. The van der Waals surface area contributed by atoms with Gasteiger partial charge in [-0.05, 0) is 64.2 Å². The second-order valence-electron chi connectivity index (χ2n) is 6.65. The minimum absolute atomic E-state index is 0.251. The minimum Gasteiger partial charge on any atom is -0.428 e. The number of carbonyl (C=O) groups is 1. The Hall–Kier alpha value is -0.730. The van der Waals surface area contributed by atoms with E-state index in [1.54, 1.807) is 0 Å². The second-order valence-corrected chi connectivity index (χ2v) is 6.65. The molecule has 3 heteroatoms. The Morgan fingerprint density at radius 2 is 1.10 bits per heavy atom. The van der Waals surface area contributed by atoms with Gasteiger partial charge in [-0.15, -0.1) is 0 Å². The molecule has 0 heterocycles. The van der Waals surface area contributed by atoms with Crippen molar-refractivity contribution < 1.29 is 14.3 Å². The molecule has 0 aromatic rings. The summed E-state index contributed by atoms with van der Waals surface area (Å²) in [5.74, 6) is 0. The van der Waals surface area contributed by atoms with Gasteiger partial charge in [-0.25, -0.2) is 4.79 Å². The second kappa shape index (κ2) is 6.82. The van der Waals surface area contributed by atoms with Crippen LogP contribution >= 0.6 is 0 Å². The maximum Gasteiger partial charge on any atom is 0.509 e. The SMILES string of the molecule is CCC1(OC(=O)OC2(CC)CCCCC2)CCCCC1. The van der Waals surface area contributed by atoms with E-state index in [4.69, 9.17) is 9.47 Å². The third kappa shape index (κ3) is 3.67. The maximum atomic E-state index is 12.3. The first-order chi connectivity index (χ1) is 9.64. The number of hydrogen-bond donors (Lipinski definition) is 0. The van der Waals surface area contributed by atoms with E-state index in [0.717, 1.165) is 38.5 Å². The molecule has 2 saturated carbocycles. The summed E-state index contributed by atoms with van der Waals surface area (Å²) >= 11 is 0. The molecular weight excluding hydrogens is 252 g/mol. The number of carbonyl (C=O) groups excluding carboxylic acids is 1. The van der Waals surface area contributed by atoms with E-state index in [2.05, 4.69) is 13.8 Å². The Morgan fingerprint density at radius 3 is 1.40 bits per heavy atom. The van der Waals surface area contributed by atoms with Crippen LogP contribution < -0.4 is 0 Å². The third-order valence-corrected chi connectivity index (χ3v) is 5.42. The van der Waals surface area contributed by atoms with Gasteiger partial charge >= 0.3 is 6.16 Å². The summed E-state index contributed by atoms with van der Waals surface area (Å²) < 4.78 is 11.6. The Bertz CT molecular complexity index is 282. The number of hydrogen-bond acceptors (Lipinski definition) is 3. The highest BCUT2D eigenvalue weighted by Crippen LogP contribution is 2.38. The summed E-state index contributed by atoms with van der Waals surface area (Å²) in [5, 5.41) is 0. The molecule has 0 aromatic carbocycles. The van der Waals surface area contributed by atoms with Gasteiger partial charge in [-0.2, -0.15) is 0 Å². The van der Waals surface area contributed by atoms with Crippen molar-refractivity contribution in [3.63, 3.8) is 0 Å². The van der Waals surface area contributed by atoms with Crippen LogP contribution in [0.4, 0.5) is 4.79 Å². The molecule has 2 fully saturated rings. The van der Waals surface area contributed by atoms with Crippen LogP contribution in [0.15, 0.2) is 0 Å². The van der Waals surface area contributed by atoms with Crippen LogP contribution in [-0.2, 0) is 9.47 Å². The van der Waals surface area contributed by atoms with E-state index in [1.807, 2.05) is 0 Å². The van der Waals surface area contributed by atoms with E-state index < -0.39 is 6.16 Å². The highest BCUT2D eigenvalue weighted by atomic mass is 16.7. The molecule has 0 bridgehead atoms. The monoisotopic (exact) mass is 282 g/mol. The lowest BCUT2D eigenvalue weighted by molar-refractivity contribution is -0.104. The lowest BCUT2D eigenvalue weighted by atomic mass is 9.82. The molecule has 0 atom stereocenters. The van der Waals surface area contributed by atoms with Gasteiger partial charge in [0.05, 0.1) is 0 Å². The normalized spacial score (nSPS) is 24.9. The van der Waals surface area contributed by atoms with Crippen LogP contribution in [0.1, 0.15) is 90.9 Å². The molecule has 20 heavy (non-hydrogen) atoms. The van der Waals surface area contributed by atoms with Crippen molar-refractivity contribution in [2.24, 2.45) is 0 Å². The summed E-state index contributed by atoms with van der Waals surface area (Å²) in [6.07, 6.45) is 12.6. The minimum atomic E-state index is -0.419. The fourth-order valence-corrected chi connectivity index (χ4v) is 3.82. The van der Waals surface area contributed by atoms with Crippen molar-refractivity contribution in [3.05, 3.63) is 0 Å². The van der Waals surface area contributed by atoms with E-state index in [9.17, 15) is 4.79 Å². The van der Waals surface area contributed by atoms with Gasteiger partial charge in [0.2, 0.25) is 0 Å². The Balaban J connectivity index is 1.93. The summed E-state index contributed by atoms with van der Waals surface area (Å²) in [6.45, 7) is 4.24. The molecule has 0 aliphatic heterocycles. The first kappa shape index (κ1) is 15.7. The largest absolute Gasteiger partial charge is 0.509 e. The topological polar surface area (TPSA) is 35.5 Å². The predicted octanol–water partition coefficient (Wildman–Crippen LogP) is 5.37. The quantitative estimate of drug-likeness (QED) is 0.651. The Labute approximate surface area is 123 Å². The molecule has 2 rings (SSSR count). The van der Waals surface area contributed by atoms with Gasteiger partial charge in [0, 0.05) is 0 Å². The third-order valence-electron chi connectivity index (χ3n) is 5.42. The Morgan fingerprint density at radius 1 is 0.750 bits per heavy atom. The summed E-state index contributed by atoms with van der Waals surface area (Å²) in [6, 6.07) is 0. The summed E-state index contributed by atoms with van der Waals surface area (Å²) in [4.78, 5) is 12.3. The molecule has 2 aliphatic rings. The molecule has 116 valence electrons. The van der Waals surface area contributed by atoms with E-state index in [0.29, 0.717) is 0 Å². The molecular formula is C17H30O3. The molecule has 0 aromatic heterocycles. The van der Waals surface area contributed by atoms with Crippen LogP contribution in [0.3, 0.4) is 0 Å². The van der Waals surface area contributed by atoms with Crippen LogP contribution in [0.5, 0.6) is 0 Å². The highest BCUT2D eigenvalue weighted by molar-refractivity contribution is 5.61. The lowest BCUT2D eigenvalue weighted by Gasteiger charge is -2.39. The van der Waals surface area contributed by atoms with Crippen molar-refractivity contribution in [3.8, 4) is 0 Å². The molecule has 0 spiro atoms. The molecule has 0 N–H and O–H groups in total. The van der Waals surface area contributed by atoms with E-state index in [-0.39, 0.29) is 11.2 Å². The van der Waals surface area contributed by atoms with E-state index in [1.165, 1.54) is 38.5 Å². The molecule has 0 radical (unpaired) electrons. The van der Waals surface area contributed by atoms with Crippen molar-refractivity contribution in [2.45, 2.75) is 102 Å². The standard InChI is InChI=1S/C17H30O3/c1-3-16(11-7-5-8-12-16)19-15(18)20-17(4-2)13-9-6-10-14-17/h3-14H2,1-2H3. The summed E-state index contributed by atoms with van der Waals surface area (Å²) in [7, 11) is 0. The number of rotatable bonds is 4. The fourth-order valence-electron chi connectivity index (χ4n) is 3.82. The lowest BCUT2D eigenvalue weighted by Crippen LogP contribution is -2.42. The van der Waals surface area contributed by atoms with Crippen LogP contribution in [0, 0.1) is 0 Å². The summed E-state index contributed by atoms with van der Waals surface area (Å²) in [5.41, 5.74) is -0.502. The van der Waals surface area contributed by atoms with Gasteiger partial charge in [-0.1, -0.05) is 26.7 Å². The first-order valence-electron chi connectivity index (χ1n) is 8.56. The predicted molar refractivity (Wildman–Crippen MR) is 79.8 cm³/mol. The average molecular weight is 282 g/mol. The van der Waals surface area contributed by atoms with Gasteiger partial charge in [0.15, 0.2) is 0 Å². The van der Waals surface area contributed by atoms with Gasteiger partial charge < -0.3 is 9.47 Å². The van der Waals surface area contributed by atoms with Crippen molar-refractivity contribution in [1.29, 1.82) is 0 Å². The fraction of sp³-hybridized carbons (Fsp3) is 0.941. The van der Waals surface area contributed by atoms with Crippen LogP contribution in [0.25, 0.3) is 0 Å². The van der Waals surface area contributed by atoms with Crippen LogP contribution in [0.2, 0.25) is 0 Å². The molecule has 3 nitrogen and oxygen atoms in total. The Kier molecular flexibility index (Phi) is 5.34. The average Bonchev–Trinajstić information content (AvgIpc) is 2.49. The maximum absolute atomic E-state index is 12.3. The first-order valence-corrected chi connectivity index (χ1v) is 8.56. The zero-order valence-electron chi connectivity index (χ0n) is 13.2. The smallest absolute Gasteiger partial charge is 0.428 e. The van der Waals surface area contributed by atoms with E-state index >= 15 is 0 Å².